The van der Waals surface area contributed by atoms with Crippen molar-refractivity contribution in [2.45, 2.75) is 20.8 Å². The summed E-state index contributed by atoms with van der Waals surface area (Å²) in [5.41, 5.74) is 1.74. The number of aliphatic hydroxyl groups excluding tert-OH is 1. The van der Waals surface area contributed by atoms with Crippen LogP contribution >= 0.6 is 0 Å². The van der Waals surface area contributed by atoms with E-state index in [1.165, 1.54) is 0 Å². The number of hydrogen-bond acceptors (Lipinski definition) is 3. The van der Waals surface area contributed by atoms with E-state index in [9.17, 15) is 0 Å². The molecule has 0 bridgehead atoms. The number of aromatic nitrogens is 1. The highest BCUT2D eigenvalue weighted by Crippen LogP contribution is 2.10. The summed E-state index contributed by atoms with van der Waals surface area (Å²) in [4.78, 5) is 3.99. The van der Waals surface area contributed by atoms with Gasteiger partial charge in [-0.1, -0.05) is 19.9 Å². The average Bonchev–Trinajstić information content (AvgIpc) is 2.25. The van der Waals surface area contributed by atoms with Crippen LogP contribution in [-0.2, 0) is 0 Å². The van der Waals surface area contributed by atoms with Gasteiger partial charge in [0.15, 0.2) is 0 Å². The van der Waals surface area contributed by atoms with Crippen LogP contribution in [-0.4, -0.2) is 10.1 Å². The van der Waals surface area contributed by atoms with Crippen LogP contribution in [0.15, 0.2) is 24.6 Å². The van der Waals surface area contributed by atoms with Crippen molar-refractivity contribution in [3.05, 3.63) is 35.8 Å². The van der Waals surface area contributed by atoms with Crippen LogP contribution in [0.1, 0.15) is 25.1 Å². The molecule has 0 aliphatic rings. The zero-order chi connectivity index (χ0) is 11.0. The van der Waals surface area contributed by atoms with E-state index in [1.54, 1.807) is 18.3 Å². The van der Waals surface area contributed by atoms with Crippen molar-refractivity contribution < 1.29 is 5.11 Å². The van der Waals surface area contributed by atoms with Gasteiger partial charge in [0.1, 0.15) is 6.07 Å². The van der Waals surface area contributed by atoms with Gasteiger partial charge in [-0.2, -0.15) is 5.26 Å². The molecule has 1 aromatic heterocycles. The van der Waals surface area contributed by atoms with Crippen LogP contribution in [0.5, 0.6) is 0 Å². The first-order chi connectivity index (χ1) is 6.77. The fourth-order valence-electron chi connectivity index (χ4n) is 0.795. The molecule has 14 heavy (non-hydrogen) atoms. The fourth-order valence-corrected chi connectivity index (χ4v) is 0.795. The van der Waals surface area contributed by atoms with E-state index in [4.69, 9.17) is 10.4 Å². The molecule has 3 nitrogen and oxygen atoms in total. The summed E-state index contributed by atoms with van der Waals surface area (Å²) in [6, 6.07) is 5.39. The van der Waals surface area contributed by atoms with Crippen LogP contribution in [0.4, 0.5) is 0 Å². The van der Waals surface area contributed by atoms with Crippen molar-refractivity contribution >= 4 is 5.57 Å². The summed E-state index contributed by atoms with van der Waals surface area (Å²) in [6.07, 6.45) is 2.34. The van der Waals surface area contributed by atoms with E-state index in [0.717, 1.165) is 12.0 Å². The SMILES string of the molecule is CC.Cc1ccc(C(C#N)=CO)cn1. The van der Waals surface area contributed by atoms with Crippen molar-refractivity contribution in [2.75, 3.05) is 0 Å². The lowest BCUT2D eigenvalue weighted by Gasteiger charge is -1.96. The van der Waals surface area contributed by atoms with Crippen LogP contribution < -0.4 is 0 Å². The largest absolute Gasteiger partial charge is 0.514 e. The molecule has 1 heterocycles. The van der Waals surface area contributed by atoms with Gasteiger partial charge in [-0.05, 0) is 13.0 Å². The molecule has 0 aliphatic carbocycles. The number of pyridine rings is 1. The van der Waals surface area contributed by atoms with E-state index >= 15 is 0 Å². The van der Waals surface area contributed by atoms with Gasteiger partial charge in [-0.15, -0.1) is 0 Å². The summed E-state index contributed by atoms with van der Waals surface area (Å²) in [7, 11) is 0. The van der Waals surface area contributed by atoms with E-state index in [2.05, 4.69) is 4.98 Å². The Kier molecular flexibility index (Phi) is 5.80. The molecular formula is C11H14N2O. The number of aryl methyl sites for hydroxylation is 1. The summed E-state index contributed by atoms with van der Waals surface area (Å²) >= 11 is 0. The van der Waals surface area contributed by atoms with Gasteiger partial charge in [-0.25, -0.2) is 0 Å². The number of aliphatic hydroxyl groups is 1. The van der Waals surface area contributed by atoms with Gasteiger partial charge in [0.05, 0.1) is 11.8 Å². The molecule has 74 valence electrons. The maximum absolute atomic E-state index is 8.64. The topological polar surface area (TPSA) is 56.9 Å². The van der Waals surface area contributed by atoms with Crippen molar-refractivity contribution in [3.8, 4) is 6.07 Å². The highest BCUT2D eigenvalue weighted by Gasteiger charge is 1.99. The number of nitriles is 1. The summed E-state index contributed by atoms with van der Waals surface area (Å²) in [6.45, 7) is 5.86. The third-order valence-corrected chi connectivity index (χ3v) is 1.47. The van der Waals surface area contributed by atoms with Gasteiger partial charge >= 0.3 is 0 Å². The number of rotatable bonds is 1. The second kappa shape index (κ2) is 6.67. The summed E-state index contributed by atoms with van der Waals surface area (Å²) in [5.74, 6) is 0. The van der Waals surface area contributed by atoms with Crippen molar-refractivity contribution in [3.63, 3.8) is 0 Å². The number of nitrogens with zero attached hydrogens (tertiary/aromatic N) is 2. The van der Waals surface area contributed by atoms with Crippen molar-refractivity contribution in [1.29, 1.82) is 5.26 Å². The highest BCUT2D eigenvalue weighted by atomic mass is 16.2. The quantitative estimate of drug-likeness (QED) is 0.547. The minimum atomic E-state index is 0.225. The molecule has 0 unspecified atom stereocenters. The minimum Gasteiger partial charge on any atom is -0.514 e. The summed E-state index contributed by atoms with van der Waals surface area (Å²) in [5, 5.41) is 17.2. The molecule has 0 saturated carbocycles. The van der Waals surface area contributed by atoms with Crippen LogP contribution in [0.25, 0.3) is 5.57 Å². The summed E-state index contributed by atoms with van der Waals surface area (Å²) < 4.78 is 0. The first-order valence-corrected chi connectivity index (χ1v) is 4.45. The molecule has 0 spiro atoms. The van der Waals surface area contributed by atoms with E-state index in [1.807, 2.05) is 26.8 Å². The van der Waals surface area contributed by atoms with Gasteiger partial charge in [0.2, 0.25) is 0 Å². The smallest absolute Gasteiger partial charge is 0.103 e. The average molecular weight is 190 g/mol. The highest BCUT2D eigenvalue weighted by molar-refractivity contribution is 5.75. The lowest BCUT2D eigenvalue weighted by molar-refractivity contribution is 0.476. The van der Waals surface area contributed by atoms with E-state index < -0.39 is 0 Å². The van der Waals surface area contributed by atoms with Gasteiger partial charge < -0.3 is 5.11 Å². The molecular weight excluding hydrogens is 176 g/mol. The van der Waals surface area contributed by atoms with Gasteiger partial charge in [0, 0.05) is 17.5 Å². The zero-order valence-electron chi connectivity index (χ0n) is 8.65. The maximum Gasteiger partial charge on any atom is 0.103 e. The Morgan fingerprint density at radius 1 is 1.50 bits per heavy atom. The minimum absolute atomic E-state index is 0.225. The predicted molar refractivity (Wildman–Crippen MR) is 56.5 cm³/mol. The Bertz CT molecular complexity index is 333. The van der Waals surface area contributed by atoms with Crippen molar-refractivity contribution in [2.24, 2.45) is 0 Å². The normalized spacial score (nSPS) is 9.71. The second-order valence-corrected chi connectivity index (χ2v) is 2.34. The molecule has 3 heteroatoms. The Balaban J connectivity index is 0.000000791. The Morgan fingerprint density at radius 3 is 2.50 bits per heavy atom. The Morgan fingerprint density at radius 2 is 2.14 bits per heavy atom. The monoisotopic (exact) mass is 190 g/mol. The van der Waals surface area contributed by atoms with Crippen molar-refractivity contribution in [1.82, 2.24) is 4.98 Å². The second-order valence-electron chi connectivity index (χ2n) is 2.34. The van der Waals surface area contributed by atoms with E-state index in [0.29, 0.717) is 5.56 Å². The Hall–Kier alpha value is -1.82. The molecule has 0 radical (unpaired) electrons. The molecule has 1 rings (SSSR count). The zero-order valence-corrected chi connectivity index (χ0v) is 8.65. The molecule has 0 atom stereocenters. The molecule has 0 fully saturated rings. The Labute approximate surface area is 84.3 Å². The van der Waals surface area contributed by atoms with Gasteiger partial charge in [0.25, 0.3) is 0 Å². The third-order valence-electron chi connectivity index (χ3n) is 1.47. The first-order valence-electron chi connectivity index (χ1n) is 4.45. The lowest BCUT2D eigenvalue weighted by Crippen LogP contribution is -1.85. The fraction of sp³-hybridized carbons (Fsp3) is 0.273. The van der Waals surface area contributed by atoms with E-state index in [-0.39, 0.29) is 5.57 Å². The molecule has 0 saturated heterocycles. The first kappa shape index (κ1) is 12.2. The van der Waals surface area contributed by atoms with Crippen LogP contribution in [0.2, 0.25) is 0 Å². The molecule has 1 N–H and O–H groups in total. The predicted octanol–water partition coefficient (Wildman–Crippen LogP) is 2.84. The van der Waals surface area contributed by atoms with Gasteiger partial charge in [-0.3, -0.25) is 4.98 Å². The van der Waals surface area contributed by atoms with Crippen LogP contribution in [0.3, 0.4) is 0 Å². The molecule has 0 aliphatic heterocycles. The third kappa shape index (κ3) is 3.28. The lowest BCUT2D eigenvalue weighted by atomic mass is 10.1. The van der Waals surface area contributed by atoms with Crippen LogP contribution in [0, 0.1) is 18.3 Å². The molecule has 0 aromatic carbocycles. The number of allylic oxidation sites excluding steroid dienone is 1. The standard InChI is InChI=1S/C9H8N2O.C2H6/c1-7-2-3-8(5-11-7)9(4-10)6-12;1-2/h2-3,5-6,12H,1H3;1-2H3. The maximum atomic E-state index is 8.64. The molecule has 1 aromatic rings. The number of hydrogen-bond donors (Lipinski definition) is 1. The molecule has 0 amide bonds.